The van der Waals surface area contributed by atoms with E-state index in [0.717, 1.165) is 0 Å². The highest BCUT2D eigenvalue weighted by Crippen LogP contribution is 1.76. The van der Waals surface area contributed by atoms with Crippen molar-refractivity contribution in [3.8, 4) is 0 Å². The molecule has 0 radical (unpaired) electrons. The maximum absolute atomic E-state index is 8.28. The highest BCUT2D eigenvalue weighted by Gasteiger charge is 1.86. The smallest absolute Gasteiger partial charge is 0.0701 e. The van der Waals surface area contributed by atoms with E-state index in [9.17, 15) is 0 Å². The van der Waals surface area contributed by atoms with Crippen LogP contribution >= 0.6 is 0 Å². The summed E-state index contributed by atoms with van der Waals surface area (Å²) in [6, 6.07) is 0. The van der Waals surface area contributed by atoms with Gasteiger partial charge in [-0.15, -0.1) is 0 Å². The summed E-state index contributed by atoms with van der Waals surface area (Å²) in [5.74, 6) is 3.50. The molecule has 0 aliphatic rings. The van der Waals surface area contributed by atoms with Gasteiger partial charge in [-0.3, -0.25) is 0 Å². The van der Waals surface area contributed by atoms with Gasteiger partial charge >= 0.3 is 0 Å². The predicted octanol–water partition coefficient (Wildman–Crippen LogP) is -1.70. The molecule has 0 fully saturated rings. The Balaban J connectivity index is 0. The molecule has 6 nitrogen and oxygen atoms in total. The Morgan fingerprint density at radius 1 is 0.917 bits per heavy atom. The Bertz CT molecular complexity index is 57.5. The van der Waals surface area contributed by atoms with E-state index in [1.165, 1.54) is 0 Å². The third-order valence-corrected chi connectivity index (χ3v) is 0.870. The zero-order valence-electron chi connectivity index (χ0n) is 7.11. The van der Waals surface area contributed by atoms with Crippen LogP contribution in [0.1, 0.15) is 0 Å². The minimum atomic E-state index is 0.0664. The molecule has 6 N–H and O–H groups in total. The molecule has 0 atom stereocenters. The van der Waals surface area contributed by atoms with Crippen LogP contribution in [0.3, 0.4) is 0 Å². The van der Waals surface area contributed by atoms with Crippen molar-refractivity contribution < 1.29 is 19.8 Å². The third kappa shape index (κ3) is 16.4. The second-order valence-electron chi connectivity index (χ2n) is 1.74. The zero-order chi connectivity index (χ0) is 9.66. The van der Waals surface area contributed by atoms with Gasteiger partial charge in [-0.1, -0.05) is 0 Å². The Hall–Kier alpha value is -0.240. The molecule has 0 heterocycles. The van der Waals surface area contributed by atoms with E-state index in [1.54, 1.807) is 0 Å². The maximum atomic E-state index is 8.28. The van der Waals surface area contributed by atoms with Gasteiger partial charge in [0.15, 0.2) is 0 Å². The molecule has 0 saturated heterocycles. The lowest BCUT2D eigenvalue weighted by Crippen LogP contribution is -2.12. The molecule has 0 spiro atoms. The van der Waals surface area contributed by atoms with Gasteiger partial charge in [0.25, 0.3) is 0 Å². The molecular formula is C6H18N2O4. The molecule has 0 aliphatic carbocycles. The fourth-order valence-corrected chi connectivity index (χ4v) is 0.470. The Kier molecular flexibility index (Phi) is 20.3. The Morgan fingerprint density at radius 2 is 1.42 bits per heavy atom. The lowest BCUT2D eigenvalue weighted by Gasteiger charge is -2.02. The molecule has 0 unspecified atom stereocenters. The summed E-state index contributed by atoms with van der Waals surface area (Å²) in [4.78, 5) is 0. The lowest BCUT2D eigenvalue weighted by molar-refractivity contribution is 0.0354. The summed E-state index contributed by atoms with van der Waals surface area (Å²) in [7, 11) is 0. The van der Waals surface area contributed by atoms with Gasteiger partial charge in [-0.2, -0.15) is 0 Å². The first kappa shape index (κ1) is 14.3. The number of hydrogen-bond donors (Lipinski definition) is 4. The van der Waals surface area contributed by atoms with Crippen LogP contribution < -0.4 is 11.6 Å². The fraction of sp³-hybridized carbons (Fsp3) is 1.00. The van der Waals surface area contributed by atoms with Crippen LogP contribution in [0.4, 0.5) is 0 Å². The van der Waals surface area contributed by atoms with Gasteiger partial charge in [0.1, 0.15) is 0 Å². The summed E-state index contributed by atoms with van der Waals surface area (Å²) in [6.07, 6.45) is 0. The fourth-order valence-electron chi connectivity index (χ4n) is 0.470. The van der Waals surface area contributed by atoms with Gasteiger partial charge in [-0.05, 0) is 0 Å². The lowest BCUT2D eigenvalue weighted by atomic mass is 10.7. The third-order valence-electron chi connectivity index (χ3n) is 0.870. The molecule has 0 amide bonds. The largest absolute Gasteiger partial charge is 0.394 e. The van der Waals surface area contributed by atoms with E-state index in [2.05, 4.69) is 5.90 Å². The maximum Gasteiger partial charge on any atom is 0.0701 e. The highest BCUT2D eigenvalue weighted by atomic mass is 16.5. The second-order valence-corrected chi connectivity index (χ2v) is 1.74. The quantitative estimate of drug-likeness (QED) is 0.276. The van der Waals surface area contributed by atoms with Crippen molar-refractivity contribution in [2.45, 2.75) is 0 Å². The molecule has 0 rings (SSSR count). The average Bonchev–Trinajstić information content (AvgIpc) is 2.15. The summed E-state index contributed by atoms with van der Waals surface area (Å²) < 4.78 is 9.91. The van der Waals surface area contributed by atoms with E-state index in [4.69, 9.17) is 25.5 Å². The van der Waals surface area contributed by atoms with Crippen LogP contribution in [0.15, 0.2) is 0 Å². The van der Waals surface area contributed by atoms with Crippen molar-refractivity contribution in [3.63, 3.8) is 0 Å². The highest BCUT2D eigenvalue weighted by molar-refractivity contribution is 4.32. The van der Waals surface area contributed by atoms with E-state index < -0.39 is 0 Å². The summed E-state index contributed by atoms with van der Waals surface area (Å²) >= 11 is 0. The molecule has 0 saturated carbocycles. The SMILES string of the molecule is NCCOCCOCCO.NO. The number of rotatable bonds is 7. The number of ether oxygens (including phenoxy) is 2. The molecular weight excluding hydrogens is 164 g/mol. The van der Waals surface area contributed by atoms with Crippen LogP contribution in [-0.2, 0) is 9.47 Å². The van der Waals surface area contributed by atoms with E-state index >= 15 is 0 Å². The van der Waals surface area contributed by atoms with Crippen LogP contribution in [0.5, 0.6) is 0 Å². The Morgan fingerprint density at radius 3 is 1.83 bits per heavy atom. The average molecular weight is 182 g/mol. The molecule has 0 aromatic heterocycles. The van der Waals surface area contributed by atoms with Crippen molar-refractivity contribution in [1.82, 2.24) is 0 Å². The molecule has 76 valence electrons. The van der Waals surface area contributed by atoms with Gasteiger partial charge in [-0.25, -0.2) is 5.90 Å². The van der Waals surface area contributed by atoms with E-state index in [-0.39, 0.29) is 6.61 Å². The minimum Gasteiger partial charge on any atom is -0.394 e. The van der Waals surface area contributed by atoms with Crippen molar-refractivity contribution >= 4 is 0 Å². The first-order valence-electron chi connectivity index (χ1n) is 3.64. The number of nitrogens with two attached hydrogens (primary N) is 2. The van der Waals surface area contributed by atoms with Gasteiger partial charge in [0, 0.05) is 6.54 Å². The molecule has 0 aromatic carbocycles. The first-order valence-corrected chi connectivity index (χ1v) is 3.64. The topological polar surface area (TPSA) is 111 Å². The zero-order valence-corrected chi connectivity index (χ0v) is 7.11. The van der Waals surface area contributed by atoms with Crippen LogP contribution in [0.25, 0.3) is 0 Å². The van der Waals surface area contributed by atoms with E-state index in [0.29, 0.717) is 33.0 Å². The van der Waals surface area contributed by atoms with Gasteiger partial charge < -0.3 is 25.5 Å². The number of aliphatic hydroxyl groups excluding tert-OH is 1. The summed E-state index contributed by atoms with van der Waals surface area (Å²) in [6.45, 7) is 2.64. The first-order chi connectivity index (χ1) is 5.91. The molecule has 12 heavy (non-hydrogen) atoms. The second kappa shape index (κ2) is 17.0. The summed E-state index contributed by atoms with van der Waals surface area (Å²) in [5.41, 5.74) is 5.16. The van der Waals surface area contributed by atoms with Crippen LogP contribution in [0, 0.1) is 0 Å². The van der Waals surface area contributed by atoms with Crippen molar-refractivity contribution in [3.05, 3.63) is 0 Å². The number of hydrogen-bond acceptors (Lipinski definition) is 6. The van der Waals surface area contributed by atoms with Crippen LogP contribution in [0.2, 0.25) is 0 Å². The van der Waals surface area contributed by atoms with Crippen LogP contribution in [-0.4, -0.2) is 49.9 Å². The minimum absolute atomic E-state index is 0.0664. The predicted molar refractivity (Wildman–Crippen MR) is 43.8 cm³/mol. The number of aliphatic hydroxyl groups is 1. The molecule has 0 aromatic rings. The standard InChI is InChI=1S/C6H15NO3.H3NO/c7-1-3-9-5-6-10-4-2-8;1-2/h8H,1-7H2;2H,1H2. The summed E-state index contributed by atoms with van der Waals surface area (Å²) in [5, 5.41) is 14.8. The molecule has 0 aliphatic heterocycles. The molecule has 0 bridgehead atoms. The van der Waals surface area contributed by atoms with E-state index in [1.807, 2.05) is 0 Å². The monoisotopic (exact) mass is 182 g/mol. The van der Waals surface area contributed by atoms with Gasteiger partial charge in [0.05, 0.1) is 33.0 Å². The normalized spacial score (nSPS) is 9.00. The molecule has 6 heteroatoms. The van der Waals surface area contributed by atoms with Gasteiger partial charge in [0.2, 0.25) is 0 Å². The Labute approximate surface area is 72.0 Å². The van der Waals surface area contributed by atoms with Crippen molar-refractivity contribution in [2.75, 3.05) is 39.6 Å². The van der Waals surface area contributed by atoms with Crippen molar-refractivity contribution in [1.29, 1.82) is 0 Å². The van der Waals surface area contributed by atoms with Crippen molar-refractivity contribution in [2.24, 2.45) is 11.6 Å².